The maximum absolute atomic E-state index is 13.9. The summed E-state index contributed by atoms with van der Waals surface area (Å²) in [5.41, 5.74) is 6.80. The highest BCUT2D eigenvalue weighted by Crippen LogP contribution is 2.34. The molecule has 0 heterocycles. The smallest absolute Gasteiger partial charge is 0.131 e. The molecule has 0 aliphatic heterocycles. The van der Waals surface area contributed by atoms with E-state index in [-0.39, 0.29) is 11.9 Å². The van der Waals surface area contributed by atoms with Gasteiger partial charge in [-0.2, -0.15) is 0 Å². The van der Waals surface area contributed by atoms with Crippen LogP contribution in [0.3, 0.4) is 0 Å². The zero-order valence-electron chi connectivity index (χ0n) is 10.3. The molecule has 0 spiro atoms. The maximum Gasteiger partial charge on any atom is 0.131 e. The highest BCUT2D eigenvalue weighted by atomic mass is 19.1. The Labute approximate surface area is 102 Å². The average molecular weight is 237 g/mol. The molecule has 1 aromatic rings. The monoisotopic (exact) mass is 237 g/mol. The van der Waals surface area contributed by atoms with Crippen molar-refractivity contribution >= 4 is 0 Å². The molecule has 94 valence electrons. The Morgan fingerprint density at radius 2 is 2.00 bits per heavy atom. The third-order valence-corrected chi connectivity index (χ3v) is 3.72. The number of nitrogens with two attached hydrogens (primary N) is 1. The van der Waals surface area contributed by atoms with Crippen molar-refractivity contribution in [2.75, 3.05) is 7.11 Å². The molecule has 0 unspecified atom stereocenters. The molecule has 17 heavy (non-hydrogen) atoms. The number of halogens is 1. The van der Waals surface area contributed by atoms with E-state index >= 15 is 0 Å². The summed E-state index contributed by atoms with van der Waals surface area (Å²) < 4.78 is 18.9. The third-order valence-electron chi connectivity index (χ3n) is 3.72. The van der Waals surface area contributed by atoms with E-state index in [1.807, 2.05) is 0 Å². The molecule has 1 fully saturated rings. The van der Waals surface area contributed by atoms with Gasteiger partial charge in [0, 0.05) is 17.7 Å². The van der Waals surface area contributed by atoms with Gasteiger partial charge in [-0.15, -0.1) is 0 Å². The van der Waals surface area contributed by atoms with Crippen LogP contribution in [0, 0.1) is 11.7 Å². The van der Waals surface area contributed by atoms with Gasteiger partial charge in [0.15, 0.2) is 0 Å². The molecule has 0 bridgehead atoms. The van der Waals surface area contributed by atoms with Gasteiger partial charge in [-0.25, -0.2) is 4.39 Å². The maximum atomic E-state index is 13.9. The van der Waals surface area contributed by atoms with Crippen molar-refractivity contribution in [2.45, 2.75) is 38.1 Å². The van der Waals surface area contributed by atoms with Crippen molar-refractivity contribution in [1.29, 1.82) is 0 Å². The normalized spacial score (nSPS) is 19.0. The van der Waals surface area contributed by atoms with Crippen molar-refractivity contribution in [2.24, 2.45) is 11.7 Å². The van der Waals surface area contributed by atoms with Crippen LogP contribution in [0.2, 0.25) is 0 Å². The summed E-state index contributed by atoms with van der Waals surface area (Å²) >= 11 is 0. The molecule has 0 aromatic heterocycles. The van der Waals surface area contributed by atoms with Crippen molar-refractivity contribution in [3.05, 3.63) is 29.6 Å². The van der Waals surface area contributed by atoms with Crippen LogP contribution < -0.4 is 10.5 Å². The molecule has 1 aliphatic carbocycles. The van der Waals surface area contributed by atoms with Crippen LogP contribution >= 0.6 is 0 Å². The van der Waals surface area contributed by atoms with Gasteiger partial charge in [-0.05, 0) is 24.8 Å². The SMILES string of the molecule is COc1ccc([C@@H](N)C2CCCCC2)c(F)c1. The van der Waals surface area contributed by atoms with Gasteiger partial charge < -0.3 is 10.5 Å². The molecule has 2 nitrogen and oxygen atoms in total. The first-order valence-corrected chi connectivity index (χ1v) is 6.31. The van der Waals surface area contributed by atoms with Gasteiger partial charge in [-0.1, -0.05) is 25.3 Å². The first-order valence-electron chi connectivity index (χ1n) is 6.31. The molecule has 2 rings (SSSR count). The quantitative estimate of drug-likeness (QED) is 0.874. The lowest BCUT2D eigenvalue weighted by atomic mass is 9.81. The molecule has 3 heteroatoms. The second-order valence-electron chi connectivity index (χ2n) is 4.81. The minimum absolute atomic E-state index is 0.179. The van der Waals surface area contributed by atoms with Gasteiger partial charge in [0.2, 0.25) is 0 Å². The summed E-state index contributed by atoms with van der Waals surface area (Å²) in [7, 11) is 1.54. The van der Waals surface area contributed by atoms with Crippen LogP contribution in [-0.4, -0.2) is 7.11 Å². The summed E-state index contributed by atoms with van der Waals surface area (Å²) in [5.74, 6) is 0.719. The van der Waals surface area contributed by atoms with E-state index in [4.69, 9.17) is 10.5 Å². The Morgan fingerprint density at radius 3 is 2.59 bits per heavy atom. The van der Waals surface area contributed by atoms with Crippen molar-refractivity contribution in [1.82, 2.24) is 0 Å². The standard InChI is InChI=1S/C14H20FNO/c1-17-11-7-8-12(13(15)9-11)14(16)10-5-3-2-4-6-10/h7-10,14H,2-6,16H2,1H3/t14-/m0/s1. The van der Waals surface area contributed by atoms with Crippen molar-refractivity contribution in [3.8, 4) is 5.75 Å². The highest BCUT2D eigenvalue weighted by molar-refractivity contribution is 5.31. The van der Waals surface area contributed by atoms with Crippen LogP contribution in [0.4, 0.5) is 4.39 Å². The molecule has 1 saturated carbocycles. The average Bonchev–Trinajstić information content (AvgIpc) is 2.39. The summed E-state index contributed by atoms with van der Waals surface area (Å²) in [6.07, 6.45) is 5.96. The van der Waals surface area contributed by atoms with E-state index < -0.39 is 0 Å². The second-order valence-corrected chi connectivity index (χ2v) is 4.81. The number of hydrogen-bond acceptors (Lipinski definition) is 2. The lowest BCUT2D eigenvalue weighted by Gasteiger charge is -2.28. The van der Waals surface area contributed by atoms with E-state index in [9.17, 15) is 4.39 Å². The van der Waals surface area contributed by atoms with E-state index in [1.54, 1.807) is 12.1 Å². The number of methoxy groups -OCH3 is 1. The summed E-state index contributed by atoms with van der Waals surface area (Å²) in [5, 5.41) is 0. The lowest BCUT2D eigenvalue weighted by Crippen LogP contribution is -2.24. The number of hydrogen-bond donors (Lipinski definition) is 1. The number of benzene rings is 1. The van der Waals surface area contributed by atoms with Gasteiger partial charge in [0.05, 0.1) is 7.11 Å². The van der Waals surface area contributed by atoms with Crippen LogP contribution in [0.25, 0.3) is 0 Å². The molecule has 1 aromatic carbocycles. The van der Waals surface area contributed by atoms with E-state index in [2.05, 4.69) is 0 Å². The Bertz CT molecular complexity index is 374. The summed E-state index contributed by atoms with van der Waals surface area (Å²) in [6, 6.07) is 4.77. The second kappa shape index (κ2) is 5.50. The van der Waals surface area contributed by atoms with E-state index in [0.717, 1.165) is 12.8 Å². The van der Waals surface area contributed by atoms with Gasteiger partial charge in [0.25, 0.3) is 0 Å². The lowest BCUT2D eigenvalue weighted by molar-refractivity contribution is 0.303. The predicted octanol–water partition coefficient (Wildman–Crippen LogP) is 3.41. The van der Waals surface area contributed by atoms with Gasteiger partial charge in [-0.3, -0.25) is 0 Å². The van der Waals surface area contributed by atoms with Crippen LogP contribution in [0.1, 0.15) is 43.7 Å². The predicted molar refractivity (Wildman–Crippen MR) is 66.5 cm³/mol. The van der Waals surface area contributed by atoms with Gasteiger partial charge >= 0.3 is 0 Å². The van der Waals surface area contributed by atoms with Crippen molar-refractivity contribution < 1.29 is 9.13 Å². The molecule has 0 saturated heterocycles. The topological polar surface area (TPSA) is 35.2 Å². The number of ether oxygens (including phenoxy) is 1. The Kier molecular flexibility index (Phi) is 4.00. The van der Waals surface area contributed by atoms with Crippen LogP contribution in [0.5, 0.6) is 5.75 Å². The fourth-order valence-corrected chi connectivity index (χ4v) is 2.65. The molecule has 1 aliphatic rings. The minimum Gasteiger partial charge on any atom is -0.497 e. The first-order chi connectivity index (χ1) is 8.22. The Hall–Kier alpha value is -1.09. The van der Waals surface area contributed by atoms with E-state index in [1.165, 1.54) is 32.4 Å². The molecule has 1 atom stereocenters. The summed E-state index contributed by atoms with van der Waals surface area (Å²) in [6.45, 7) is 0. The number of rotatable bonds is 3. The molecular weight excluding hydrogens is 217 g/mol. The fourth-order valence-electron chi connectivity index (χ4n) is 2.65. The fraction of sp³-hybridized carbons (Fsp3) is 0.571. The Morgan fingerprint density at radius 1 is 1.29 bits per heavy atom. The molecule has 2 N–H and O–H groups in total. The highest BCUT2D eigenvalue weighted by Gasteiger charge is 2.24. The zero-order chi connectivity index (χ0) is 12.3. The molecule has 0 radical (unpaired) electrons. The third kappa shape index (κ3) is 2.78. The first kappa shape index (κ1) is 12.4. The van der Waals surface area contributed by atoms with Crippen molar-refractivity contribution in [3.63, 3.8) is 0 Å². The molecular formula is C14H20FNO. The Balaban J connectivity index is 2.15. The zero-order valence-corrected chi connectivity index (χ0v) is 10.3. The van der Waals surface area contributed by atoms with Crippen LogP contribution in [0.15, 0.2) is 18.2 Å². The molecule has 0 amide bonds. The van der Waals surface area contributed by atoms with E-state index in [0.29, 0.717) is 17.2 Å². The minimum atomic E-state index is -0.248. The van der Waals surface area contributed by atoms with Crippen LogP contribution in [-0.2, 0) is 0 Å². The van der Waals surface area contributed by atoms with Gasteiger partial charge in [0.1, 0.15) is 11.6 Å². The largest absolute Gasteiger partial charge is 0.497 e. The summed E-state index contributed by atoms with van der Waals surface area (Å²) in [4.78, 5) is 0.